The van der Waals surface area contributed by atoms with Gasteiger partial charge >= 0.3 is 0 Å². The van der Waals surface area contributed by atoms with Crippen molar-refractivity contribution in [1.82, 2.24) is 10.9 Å². The molecule has 0 saturated heterocycles. The minimum Gasteiger partial charge on any atom is -0.466 e. The third-order valence-corrected chi connectivity index (χ3v) is 5.57. The molecule has 2 aromatic heterocycles. The van der Waals surface area contributed by atoms with Gasteiger partial charge in [-0.05, 0) is 32.0 Å². The highest BCUT2D eigenvalue weighted by molar-refractivity contribution is 7.21. The number of nitrogens with one attached hydrogen (secondary N) is 2. The summed E-state index contributed by atoms with van der Waals surface area (Å²) in [6.45, 7) is 3.40. The van der Waals surface area contributed by atoms with Gasteiger partial charge in [0.25, 0.3) is 11.8 Å². The first-order valence-electron chi connectivity index (χ1n) is 7.02. The van der Waals surface area contributed by atoms with E-state index >= 15 is 0 Å². The Balaban J connectivity index is 1.81. The van der Waals surface area contributed by atoms with Crippen LogP contribution in [0.25, 0.3) is 10.1 Å². The number of carbonyl (C=O) groups is 2. The molecule has 0 aliphatic carbocycles. The van der Waals surface area contributed by atoms with Gasteiger partial charge in [0, 0.05) is 15.1 Å². The summed E-state index contributed by atoms with van der Waals surface area (Å²) in [6, 6.07) is 4.81. The molecule has 130 valence electrons. The molecule has 5 nitrogen and oxygen atoms in total. The largest absolute Gasteiger partial charge is 0.466 e. The molecule has 2 amide bonds. The van der Waals surface area contributed by atoms with E-state index in [1.54, 1.807) is 32.0 Å². The molecule has 2 heterocycles. The Bertz CT molecular complexity index is 1010. The van der Waals surface area contributed by atoms with Crippen molar-refractivity contribution in [3.8, 4) is 0 Å². The zero-order chi connectivity index (χ0) is 18.3. The van der Waals surface area contributed by atoms with Crippen LogP contribution in [-0.2, 0) is 0 Å². The fourth-order valence-electron chi connectivity index (χ4n) is 2.35. The molecule has 0 spiro atoms. The quantitative estimate of drug-likeness (QED) is 0.567. The van der Waals surface area contributed by atoms with Crippen LogP contribution in [0.3, 0.4) is 0 Å². The first-order valence-corrected chi connectivity index (χ1v) is 8.97. The van der Waals surface area contributed by atoms with Crippen molar-refractivity contribution >= 4 is 68.0 Å². The third kappa shape index (κ3) is 3.48. The second kappa shape index (κ2) is 6.88. The molecule has 0 radical (unpaired) electrons. The highest BCUT2D eigenvalue weighted by atomic mass is 35.5. The van der Waals surface area contributed by atoms with Crippen molar-refractivity contribution in [3.63, 3.8) is 0 Å². The second-order valence-corrected chi connectivity index (χ2v) is 7.51. The lowest BCUT2D eigenvalue weighted by Gasteiger charge is -2.05. The maximum atomic E-state index is 12.4. The molecule has 25 heavy (non-hydrogen) atoms. The maximum Gasteiger partial charge on any atom is 0.281 e. The van der Waals surface area contributed by atoms with E-state index in [0.717, 1.165) is 11.3 Å². The van der Waals surface area contributed by atoms with Crippen molar-refractivity contribution in [2.24, 2.45) is 0 Å². The summed E-state index contributed by atoms with van der Waals surface area (Å²) in [6.07, 6.45) is 0. The van der Waals surface area contributed by atoms with Crippen LogP contribution in [0.2, 0.25) is 15.1 Å². The Morgan fingerprint density at radius 1 is 1.04 bits per heavy atom. The number of carbonyl (C=O) groups excluding carboxylic acids is 2. The summed E-state index contributed by atoms with van der Waals surface area (Å²) in [4.78, 5) is 24.7. The third-order valence-electron chi connectivity index (χ3n) is 3.43. The first kappa shape index (κ1) is 18.1. The van der Waals surface area contributed by atoms with E-state index in [0.29, 0.717) is 37.2 Å². The van der Waals surface area contributed by atoms with Crippen LogP contribution in [-0.4, -0.2) is 11.8 Å². The number of hydrogen-bond acceptors (Lipinski definition) is 4. The minimum absolute atomic E-state index is 0.212. The lowest BCUT2D eigenvalue weighted by atomic mass is 10.2. The highest BCUT2D eigenvalue weighted by Gasteiger charge is 2.21. The van der Waals surface area contributed by atoms with Crippen molar-refractivity contribution in [2.45, 2.75) is 13.8 Å². The van der Waals surface area contributed by atoms with Gasteiger partial charge in [0.1, 0.15) is 16.4 Å². The van der Waals surface area contributed by atoms with Crippen molar-refractivity contribution in [1.29, 1.82) is 0 Å². The molecule has 3 aromatic rings. The molecule has 2 N–H and O–H groups in total. The fourth-order valence-corrected chi connectivity index (χ4v) is 4.63. The second-order valence-electron chi connectivity index (χ2n) is 5.24. The predicted octanol–water partition coefficient (Wildman–Crippen LogP) is 5.15. The van der Waals surface area contributed by atoms with Crippen LogP contribution >= 0.6 is 46.1 Å². The van der Waals surface area contributed by atoms with Crippen LogP contribution in [0.1, 0.15) is 31.6 Å². The summed E-state index contributed by atoms with van der Waals surface area (Å²) in [5, 5.41) is 1.57. The summed E-state index contributed by atoms with van der Waals surface area (Å²) >= 11 is 19.5. The molecule has 1 aromatic carbocycles. The van der Waals surface area contributed by atoms with Gasteiger partial charge in [0.15, 0.2) is 0 Å². The number of furan rings is 1. The van der Waals surface area contributed by atoms with Gasteiger partial charge in [-0.1, -0.05) is 34.8 Å². The highest BCUT2D eigenvalue weighted by Crippen LogP contribution is 2.41. The SMILES string of the molecule is Cc1cc(C(=O)NNC(=O)c2sc3cc(Cl)cc(Cl)c3c2Cl)c(C)o1. The van der Waals surface area contributed by atoms with Gasteiger partial charge in [-0.2, -0.15) is 0 Å². The summed E-state index contributed by atoms with van der Waals surface area (Å²) in [7, 11) is 0. The number of aryl methyl sites for hydroxylation is 2. The van der Waals surface area contributed by atoms with E-state index in [4.69, 9.17) is 39.2 Å². The van der Waals surface area contributed by atoms with Crippen molar-refractivity contribution in [2.75, 3.05) is 0 Å². The number of amides is 2. The van der Waals surface area contributed by atoms with Gasteiger partial charge in [-0.15, -0.1) is 11.3 Å². The molecule has 0 saturated carbocycles. The van der Waals surface area contributed by atoms with Gasteiger partial charge in [-0.25, -0.2) is 0 Å². The Morgan fingerprint density at radius 3 is 2.36 bits per heavy atom. The first-order chi connectivity index (χ1) is 11.8. The molecule has 0 aliphatic rings. The number of fused-ring (bicyclic) bond motifs is 1. The van der Waals surface area contributed by atoms with Crippen LogP contribution in [0.5, 0.6) is 0 Å². The zero-order valence-corrected chi connectivity index (χ0v) is 16.1. The van der Waals surface area contributed by atoms with E-state index in [-0.39, 0.29) is 9.90 Å². The Hall–Kier alpha value is -1.73. The van der Waals surface area contributed by atoms with E-state index < -0.39 is 11.8 Å². The average Bonchev–Trinajstić information content (AvgIpc) is 3.04. The van der Waals surface area contributed by atoms with Crippen LogP contribution in [0.4, 0.5) is 0 Å². The molecule has 0 bridgehead atoms. The molecular weight excluding hydrogens is 407 g/mol. The summed E-state index contributed by atoms with van der Waals surface area (Å²) < 4.78 is 5.97. The number of rotatable bonds is 2. The predicted molar refractivity (Wildman–Crippen MR) is 100.0 cm³/mol. The Labute approximate surface area is 161 Å². The van der Waals surface area contributed by atoms with Crippen LogP contribution < -0.4 is 10.9 Å². The van der Waals surface area contributed by atoms with Crippen LogP contribution in [0.15, 0.2) is 22.6 Å². The number of halogens is 3. The number of hydrogen-bond donors (Lipinski definition) is 2. The molecule has 0 unspecified atom stereocenters. The smallest absolute Gasteiger partial charge is 0.281 e. The van der Waals surface area contributed by atoms with E-state index in [2.05, 4.69) is 10.9 Å². The summed E-state index contributed by atoms with van der Waals surface area (Å²) in [5.74, 6) is 0.0317. The molecule has 9 heteroatoms. The van der Waals surface area contributed by atoms with Crippen molar-refractivity contribution in [3.05, 3.63) is 55.2 Å². The van der Waals surface area contributed by atoms with E-state index in [1.807, 2.05) is 0 Å². The number of hydrazine groups is 1. The van der Waals surface area contributed by atoms with E-state index in [1.165, 1.54) is 0 Å². The topological polar surface area (TPSA) is 71.3 Å². The minimum atomic E-state index is -0.551. The van der Waals surface area contributed by atoms with Gasteiger partial charge in [0.05, 0.1) is 15.6 Å². The Kier molecular flexibility index (Phi) is 4.97. The molecular formula is C16H11Cl3N2O3S. The van der Waals surface area contributed by atoms with Gasteiger partial charge in [-0.3, -0.25) is 20.4 Å². The van der Waals surface area contributed by atoms with Crippen molar-refractivity contribution < 1.29 is 14.0 Å². The standard InChI is InChI=1S/C16H11Cl3N2O3S/c1-6-3-9(7(2)24-6)15(22)20-21-16(23)14-13(19)12-10(18)4-8(17)5-11(12)25-14/h3-5H,1-2H3,(H,20,22)(H,21,23). The summed E-state index contributed by atoms with van der Waals surface area (Å²) in [5.41, 5.74) is 5.02. The lowest BCUT2D eigenvalue weighted by molar-refractivity contribution is 0.0848. The number of thiophene rings is 1. The zero-order valence-electron chi connectivity index (χ0n) is 13.0. The molecule has 3 rings (SSSR count). The molecule has 0 fully saturated rings. The fraction of sp³-hybridized carbons (Fsp3) is 0.125. The average molecular weight is 418 g/mol. The van der Waals surface area contributed by atoms with Crippen LogP contribution in [0, 0.1) is 13.8 Å². The number of benzene rings is 1. The Morgan fingerprint density at radius 2 is 1.72 bits per heavy atom. The van der Waals surface area contributed by atoms with Gasteiger partial charge in [0.2, 0.25) is 0 Å². The molecule has 0 aliphatic heterocycles. The monoisotopic (exact) mass is 416 g/mol. The van der Waals surface area contributed by atoms with Gasteiger partial charge < -0.3 is 4.42 Å². The normalized spacial score (nSPS) is 10.9. The molecule has 0 atom stereocenters. The maximum absolute atomic E-state index is 12.4. The lowest BCUT2D eigenvalue weighted by Crippen LogP contribution is -2.41. The van der Waals surface area contributed by atoms with E-state index in [9.17, 15) is 9.59 Å².